The molecule has 1 aliphatic heterocycles. The molecule has 0 aromatic heterocycles. The van der Waals surface area contributed by atoms with Crippen LogP contribution >= 0.6 is 15.9 Å². The molecule has 3 nitrogen and oxygen atoms in total. The number of carbonyl (C=O) groups is 1. The van der Waals surface area contributed by atoms with Gasteiger partial charge in [0.05, 0.1) is 16.2 Å². The van der Waals surface area contributed by atoms with Crippen molar-refractivity contribution in [2.24, 2.45) is 0 Å². The van der Waals surface area contributed by atoms with Crippen LogP contribution in [-0.2, 0) is 4.74 Å². The second-order valence-corrected chi connectivity index (χ2v) is 6.36. The van der Waals surface area contributed by atoms with E-state index in [1.165, 1.54) is 6.07 Å². The average molecular weight is 330 g/mol. The lowest BCUT2D eigenvalue weighted by molar-refractivity contribution is -0.118. The zero-order valence-corrected chi connectivity index (χ0v) is 12.8. The molecule has 2 rings (SSSR count). The molecule has 1 unspecified atom stereocenters. The van der Waals surface area contributed by atoms with Crippen molar-refractivity contribution in [2.45, 2.75) is 32.5 Å². The van der Waals surface area contributed by atoms with Crippen LogP contribution in [0.3, 0.4) is 0 Å². The quantitative estimate of drug-likeness (QED) is 0.791. The molecule has 1 atom stereocenters. The van der Waals surface area contributed by atoms with Gasteiger partial charge in [0.25, 0.3) is 5.91 Å². The molecule has 0 aliphatic carbocycles. The number of morpholine rings is 1. The van der Waals surface area contributed by atoms with Gasteiger partial charge in [-0.15, -0.1) is 0 Å². The minimum absolute atomic E-state index is 0.0204. The first-order valence-corrected chi connectivity index (χ1v) is 7.00. The number of nitrogens with zero attached hydrogens (tertiary/aromatic N) is 1. The fourth-order valence-electron chi connectivity index (χ4n) is 2.42. The molecule has 1 fully saturated rings. The summed E-state index contributed by atoms with van der Waals surface area (Å²) < 4.78 is 19.6. The summed E-state index contributed by atoms with van der Waals surface area (Å²) in [6.45, 7) is 6.87. The van der Waals surface area contributed by atoms with Crippen LogP contribution in [0.15, 0.2) is 22.7 Å². The van der Waals surface area contributed by atoms with E-state index in [0.29, 0.717) is 23.1 Å². The van der Waals surface area contributed by atoms with Crippen LogP contribution in [0.5, 0.6) is 0 Å². The zero-order valence-electron chi connectivity index (χ0n) is 11.2. The lowest BCUT2D eigenvalue weighted by Crippen LogP contribution is -2.53. The minimum Gasteiger partial charge on any atom is -0.369 e. The van der Waals surface area contributed by atoms with Gasteiger partial charge in [0.15, 0.2) is 0 Å². The van der Waals surface area contributed by atoms with Crippen molar-refractivity contribution in [3.05, 3.63) is 34.1 Å². The van der Waals surface area contributed by atoms with E-state index in [2.05, 4.69) is 15.9 Å². The highest BCUT2D eigenvalue weighted by Gasteiger charge is 2.34. The maximum Gasteiger partial charge on any atom is 0.254 e. The molecule has 5 heteroatoms. The third-order valence-corrected chi connectivity index (χ3v) is 3.67. The van der Waals surface area contributed by atoms with Gasteiger partial charge in [-0.25, -0.2) is 4.39 Å². The molecule has 19 heavy (non-hydrogen) atoms. The minimum atomic E-state index is -0.425. The molecule has 1 saturated heterocycles. The Morgan fingerprint density at radius 3 is 2.79 bits per heavy atom. The molecular formula is C14H17BrFNO2. The van der Waals surface area contributed by atoms with Crippen LogP contribution < -0.4 is 0 Å². The maximum atomic E-state index is 13.5. The van der Waals surface area contributed by atoms with E-state index in [1.54, 1.807) is 17.0 Å². The Hall–Kier alpha value is -0.940. The molecule has 0 bridgehead atoms. The van der Waals surface area contributed by atoms with E-state index in [4.69, 9.17) is 4.74 Å². The molecule has 0 saturated carbocycles. The summed E-state index contributed by atoms with van der Waals surface area (Å²) in [5, 5.41) is 0. The molecule has 1 aromatic rings. The molecule has 104 valence electrons. The maximum absolute atomic E-state index is 13.5. The topological polar surface area (TPSA) is 29.5 Å². The molecule has 0 radical (unpaired) electrons. The number of ether oxygens (including phenoxy) is 1. The fourth-order valence-corrected chi connectivity index (χ4v) is 2.67. The molecule has 1 amide bonds. The Kier molecular flexibility index (Phi) is 3.97. The molecule has 1 aliphatic rings. The monoisotopic (exact) mass is 329 g/mol. The van der Waals surface area contributed by atoms with Crippen molar-refractivity contribution in [1.29, 1.82) is 0 Å². The SMILES string of the molecule is CC1CN(C(=O)c2ccc(Br)c(F)c2)CC(C)(C)O1. The molecule has 0 N–H and O–H groups in total. The number of rotatable bonds is 1. The van der Waals surface area contributed by atoms with Gasteiger partial charge in [0.2, 0.25) is 0 Å². The Balaban J connectivity index is 2.21. The van der Waals surface area contributed by atoms with Gasteiger partial charge in [0.1, 0.15) is 5.82 Å². The van der Waals surface area contributed by atoms with E-state index in [9.17, 15) is 9.18 Å². The number of hydrogen-bond acceptors (Lipinski definition) is 2. The summed E-state index contributed by atoms with van der Waals surface area (Å²) in [7, 11) is 0. The van der Waals surface area contributed by atoms with Crippen LogP contribution in [0.2, 0.25) is 0 Å². The van der Waals surface area contributed by atoms with Crippen LogP contribution in [-0.4, -0.2) is 35.6 Å². The van der Waals surface area contributed by atoms with Crippen LogP contribution in [0.1, 0.15) is 31.1 Å². The Labute approximate surface area is 120 Å². The van der Waals surface area contributed by atoms with Crippen molar-refractivity contribution < 1.29 is 13.9 Å². The van der Waals surface area contributed by atoms with Gasteiger partial charge in [-0.05, 0) is 54.9 Å². The standard InChI is InChI=1S/C14H17BrFNO2/c1-9-7-17(8-14(2,3)19-9)13(18)10-4-5-11(15)12(16)6-10/h4-6,9H,7-8H2,1-3H3. The first-order valence-electron chi connectivity index (χ1n) is 6.21. The Morgan fingerprint density at radius 2 is 2.21 bits per heavy atom. The van der Waals surface area contributed by atoms with Gasteiger partial charge in [-0.2, -0.15) is 0 Å². The summed E-state index contributed by atoms with van der Waals surface area (Å²) in [5.41, 5.74) is -0.00748. The third kappa shape index (κ3) is 3.34. The Bertz CT molecular complexity index is 504. The highest BCUT2D eigenvalue weighted by molar-refractivity contribution is 9.10. The molecule has 1 aromatic carbocycles. The predicted molar refractivity (Wildman–Crippen MR) is 74.6 cm³/mol. The first kappa shape index (κ1) is 14.5. The van der Waals surface area contributed by atoms with Crippen molar-refractivity contribution >= 4 is 21.8 Å². The summed E-state index contributed by atoms with van der Waals surface area (Å²) in [6.07, 6.45) is -0.0204. The van der Waals surface area contributed by atoms with Crippen molar-refractivity contribution in [1.82, 2.24) is 4.90 Å². The number of benzene rings is 1. The third-order valence-electron chi connectivity index (χ3n) is 3.02. The van der Waals surface area contributed by atoms with E-state index < -0.39 is 5.82 Å². The van der Waals surface area contributed by atoms with Crippen LogP contribution in [0.25, 0.3) is 0 Å². The van der Waals surface area contributed by atoms with Gasteiger partial charge in [-0.1, -0.05) is 0 Å². The van der Waals surface area contributed by atoms with Gasteiger partial charge >= 0.3 is 0 Å². The highest BCUT2D eigenvalue weighted by atomic mass is 79.9. The molecule has 1 heterocycles. The average Bonchev–Trinajstić information content (AvgIpc) is 2.29. The summed E-state index contributed by atoms with van der Waals surface area (Å²) in [4.78, 5) is 14.1. The predicted octanol–water partition coefficient (Wildman–Crippen LogP) is 3.23. The molecular weight excluding hydrogens is 313 g/mol. The lowest BCUT2D eigenvalue weighted by Gasteiger charge is -2.41. The number of hydrogen-bond donors (Lipinski definition) is 0. The smallest absolute Gasteiger partial charge is 0.254 e. The Morgan fingerprint density at radius 1 is 1.53 bits per heavy atom. The fraction of sp³-hybridized carbons (Fsp3) is 0.500. The summed E-state index contributed by atoms with van der Waals surface area (Å²) in [6, 6.07) is 4.44. The van der Waals surface area contributed by atoms with Crippen LogP contribution in [0.4, 0.5) is 4.39 Å². The van der Waals surface area contributed by atoms with Crippen molar-refractivity contribution in [2.75, 3.05) is 13.1 Å². The lowest BCUT2D eigenvalue weighted by atomic mass is 10.0. The summed E-state index contributed by atoms with van der Waals surface area (Å²) in [5.74, 6) is -0.582. The van der Waals surface area contributed by atoms with E-state index in [0.717, 1.165) is 0 Å². The van der Waals surface area contributed by atoms with E-state index in [-0.39, 0.29) is 17.6 Å². The zero-order chi connectivity index (χ0) is 14.2. The number of carbonyl (C=O) groups excluding carboxylic acids is 1. The van der Waals surface area contributed by atoms with Gasteiger partial charge in [-0.3, -0.25) is 4.79 Å². The van der Waals surface area contributed by atoms with Crippen LogP contribution in [0, 0.1) is 5.82 Å². The second kappa shape index (κ2) is 5.21. The normalized spacial score (nSPS) is 22.4. The first-order chi connectivity index (χ1) is 8.78. The van der Waals surface area contributed by atoms with E-state index in [1.807, 2.05) is 20.8 Å². The van der Waals surface area contributed by atoms with Gasteiger partial charge in [0, 0.05) is 18.7 Å². The van der Waals surface area contributed by atoms with E-state index >= 15 is 0 Å². The highest BCUT2D eigenvalue weighted by Crippen LogP contribution is 2.23. The van der Waals surface area contributed by atoms with Crippen molar-refractivity contribution in [3.63, 3.8) is 0 Å². The van der Waals surface area contributed by atoms with Gasteiger partial charge < -0.3 is 9.64 Å². The molecule has 0 spiro atoms. The van der Waals surface area contributed by atoms with Crippen molar-refractivity contribution in [3.8, 4) is 0 Å². The second-order valence-electron chi connectivity index (χ2n) is 5.50. The number of halogens is 2. The number of amides is 1. The largest absolute Gasteiger partial charge is 0.369 e. The summed E-state index contributed by atoms with van der Waals surface area (Å²) >= 11 is 3.08.